The van der Waals surface area contributed by atoms with Crippen molar-refractivity contribution in [2.75, 3.05) is 13.1 Å². The smallest absolute Gasteiger partial charge is 0.323 e. The van der Waals surface area contributed by atoms with Crippen molar-refractivity contribution in [1.82, 2.24) is 10.2 Å². The van der Waals surface area contributed by atoms with E-state index in [-0.39, 0.29) is 0 Å². The second-order valence-electron chi connectivity index (χ2n) is 6.75. The van der Waals surface area contributed by atoms with Crippen molar-refractivity contribution in [3.63, 3.8) is 0 Å². The number of rotatable bonds is 7. The summed E-state index contributed by atoms with van der Waals surface area (Å²) in [5, 5.41) is 12.9. The number of hydrogen-bond donors (Lipinski definition) is 2. The van der Waals surface area contributed by atoms with Gasteiger partial charge < -0.3 is 10.0 Å². The Hall–Kier alpha value is -0.610. The minimum atomic E-state index is -0.758. The molecule has 2 atom stereocenters. The van der Waals surface area contributed by atoms with Gasteiger partial charge in [-0.2, -0.15) is 0 Å². The third kappa shape index (κ3) is 4.19. The van der Waals surface area contributed by atoms with Crippen LogP contribution in [0, 0.1) is 0 Å². The first-order valence-electron chi connectivity index (χ1n) is 8.30. The van der Waals surface area contributed by atoms with Gasteiger partial charge >= 0.3 is 5.97 Å². The molecule has 1 aliphatic carbocycles. The molecular weight excluding hydrogens is 252 g/mol. The van der Waals surface area contributed by atoms with E-state index in [1.165, 1.54) is 32.1 Å². The van der Waals surface area contributed by atoms with E-state index in [0.29, 0.717) is 18.5 Å². The summed E-state index contributed by atoms with van der Waals surface area (Å²) in [7, 11) is 0. The molecule has 2 rings (SSSR count). The summed E-state index contributed by atoms with van der Waals surface area (Å²) in [6, 6.07) is 1.08. The molecule has 1 saturated carbocycles. The van der Waals surface area contributed by atoms with Crippen LogP contribution in [0.5, 0.6) is 0 Å². The quantitative estimate of drug-likeness (QED) is 0.753. The highest BCUT2D eigenvalue weighted by Gasteiger charge is 2.38. The molecule has 4 heteroatoms. The second kappa shape index (κ2) is 6.90. The number of hydrogen-bond acceptors (Lipinski definition) is 3. The van der Waals surface area contributed by atoms with E-state index in [9.17, 15) is 9.90 Å². The van der Waals surface area contributed by atoms with E-state index in [0.717, 1.165) is 25.9 Å². The van der Waals surface area contributed by atoms with Crippen LogP contribution in [-0.4, -0.2) is 46.7 Å². The summed E-state index contributed by atoms with van der Waals surface area (Å²) < 4.78 is 0. The summed E-state index contributed by atoms with van der Waals surface area (Å²) in [6.45, 7) is 6.15. The summed E-state index contributed by atoms with van der Waals surface area (Å²) in [4.78, 5) is 14.1. The van der Waals surface area contributed by atoms with Gasteiger partial charge in [0.2, 0.25) is 0 Å². The Morgan fingerprint density at radius 3 is 2.65 bits per heavy atom. The van der Waals surface area contributed by atoms with E-state index < -0.39 is 11.5 Å². The van der Waals surface area contributed by atoms with Gasteiger partial charge in [0.1, 0.15) is 5.54 Å². The number of likely N-dealkylation sites (tertiary alicyclic amines) is 1. The molecule has 1 aliphatic heterocycles. The summed E-state index contributed by atoms with van der Waals surface area (Å²) in [6.07, 6.45) is 9.32. The molecule has 1 heterocycles. The van der Waals surface area contributed by atoms with E-state index in [1.807, 2.05) is 6.92 Å². The first-order valence-corrected chi connectivity index (χ1v) is 8.30. The van der Waals surface area contributed by atoms with Crippen LogP contribution in [0.15, 0.2) is 0 Å². The fraction of sp³-hybridized carbons (Fsp3) is 0.938. The molecule has 0 radical (unpaired) electrons. The third-order valence-corrected chi connectivity index (χ3v) is 4.94. The van der Waals surface area contributed by atoms with E-state index in [4.69, 9.17) is 0 Å². The lowest BCUT2D eigenvalue weighted by molar-refractivity contribution is -0.144. The molecule has 20 heavy (non-hydrogen) atoms. The van der Waals surface area contributed by atoms with E-state index in [1.54, 1.807) is 0 Å². The predicted octanol–water partition coefficient (Wildman–Crippen LogP) is 2.63. The Morgan fingerprint density at radius 2 is 2.05 bits per heavy atom. The summed E-state index contributed by atoms with van der Waals surface area (Å²) >= 11 is 0. The van der Waals surface area contributed by atoms with Crippen LogP contribution in [0.25, 0.3) is 0 Å². The minimum Gasteiger partial charge on any atom is -0.480 e. The Morgan fingerprint density at radius 1 is 1.30 bits per heavy atom. The standard InChI is InChI=1S/C16H30N2O2/c1-3-14-7-5-4-6-11-18(14)12-10-16(2,15(19)20)17-13-8-9-13/h13-14,17H,3-12H2,1-2H3,(H,19,20). The summed E-state index contributed by atoms with van der Waals surface area (Å²) in [5.41, 5.74) is -0.758. The topological polar surface area (TPSA) is 52.6 Å². The molecule has 1 saturated heterocycles. The average molecular weight is 282 g/mol. The van der Waals surface area contributed by atoms with Gasteiger partial charge in [0.05, 0.1) is 0 Å². The van der Waals surface area contributed by atoms with Crippen molar-refractivity contribution in [3.05, 3.63) is 0 Å². The van der Waals surface area contributed by atoms with Gasteiger partial charge in [-0.3, -0.25) is 10.1 Å². The van der Waals surface area contributed by atoms with Crippen LogP contribution >= 0.6 is 0 Å². The van der Waals surface area contributed by atoms with Gasteiger partial charge in [0, 0.05) is 18.6 Å². The third-order valence-electron chi connectivity index (χ3n) is 4.94. The van der Waals surface area contributed by atoms with Crippen LogP contribution in [-0.2, 0) is 4.79 Å². The Kier molecular flexibility index (Phi) is 5.44. The van der Waals surface area contributed by atoms with E-state index >= 15 is 0 Å². The normalized spacial score (nSPS) is 27.8. The SMILES string of the molecule is CCC1CCCCCN1CCC(C)(NC1CC1)C(=O)O. The van der Waals surface area contributed by atoms with Crippen molar-refractivity contribution in [3.8, 4) is 0 Å². The number of carbonyl (C=O) groups is 1. The zero-order valence-corrected chi connectivity index (χ0v) is 13.0. The highest BCUT2D eigenvalue weighted by molar-refractivity contribution is 5.78. The van der Waals surface area contributed by atoms with Crippen molar-refractivity contribution >= 4 is 5.97 Å². The molecule has 0 spiro atoms. The Balaban J connectivity index is 1.90. The summed E-state index contributed by atoms with van der Waals surface area (Å²) in [5.74, 6) is -0.702. The van der Waals surface area contributed by atoms with Crippen molar-refractivity contribution in [2.24, 2.45) is 0 Å². The molecule has 2 unspecified atom stereocenters. The van der Waals surface area contributed by atoms with Crippen LogP contribution in [0.4, 0.5) is 0 Å². The fourth-order valence-corrected chi connectivity index (χ4v) is 3.28. The maximum atomic E-state index is 11.6. The molecule has 0 aromatic heterocycles. The predicted molar refractivity (Wildman–Crippen MR) is 80.9 cm³/mol. The van der Waals surface area contributed by atoms with Crippen molar-refractivity contribution in [2.45, 2.75) is 82.8 Å². The van der Waals surface area contributed by atoms with Crippen LogP contribution in [0.1, 0.15) is 65.2 Å². The maximum Gasteiger partial charge on any atom is 0.323 e. The molecule has 0 aromatic rings. The minimum absolute atomic E-state index is 0.433. The van der Waals surface area contributed by atoms with Gasteiger partial charge in [0.25, 0.3) is 0 Å². The molecule has 116 valence electrons. The van der Waals surface area contributed by atoms with Gasteiger partial charge in [-0.25, -0.2) is 0 Å². The number of carboxylic acids is 1. The lowest BCUT2D eigenvalue weighted by Gasteiger charge is -2.33. The second-order valence-corrected chi connectivity index (χ2v) is 6.75. The van der Waals surface area contributed by atoms with Crippen molar-refractivity contribution < 1.29 is 9.90 Å². The Labute approximate surface area is 122 Å². The monoisotopic (exact) mass is 282 g/mol. The highest BCUT2D eigenvalue weighted by atomic mass is 16.4. The molecule has 2 N–H and O–H groups in total. The highest BCUT2D eigenvalue weighted by Crippen LogP contribution is 2.26. The molecule has 2 fully saturated rings. The maximum absolute atomic E-state index is 11.6. The zero-order chi connectivity index (χ0) is 14.6. The molecule has 4 nitrogen and oxygen atoms in total. The van der Waals surface area contributed by atoms with Gasteiger partial charge in [-0.05, 0) is 52.0 Å². The fourth-order valence-electron chi connectivity index (χ4n) is 3.28. The first-order chi connectivity index (χ1) is 9.55. The number of carboxylic acid groups (broad SMARTS) is 1. The molecular formula is C16H30N2O2. The largest absolute Gasteiger partial charge is 0.480 e. The van der Waals surface area contributed by atoms with Gasteiger partial charge in [0.15, 0.2) is 0 Å². The van der Waals surface area contributed by atoms with Gasteiger partial charge in [-0.15, -0.1) is 0 Å². The number of aliphatic carboxylic acids is 1. The van der Waals surface area contributed by atoms with Crippen LogP contribution in [0.3, 0.4) is 0 Å². The van der Waals surface area contributed by atoms with Gasteiger partial charge in [-0.1, -0.05) is 19.8 Å². The van der Waals surface area contributed by atoms with Crippen LogP contribution < -0.4 is 5.32 Å². The lowest BCUT2D eigenvalue weighted by Crippen LogP contribution is -2.53. The van der Waals surface area contributed by atoms with Crippen molar-refractivity contribution in [1.29, 1.82) is 0 Å². The molecule has 0 aromatic carbocycles. The zero-order valence-electron chi connectivity index (χ0n) is 13.0. The number of nitrogens with zero attached hydrogens (tertiary/aromatic N) is 1. The molecule has 0 bridgehead atoms. The average Bonchev–Trinajstić information content (AvgIpc) is 3.22. The Bertz CT molecular complexity index is 330. The van der Waals surface area contributed by atoms with Crippen LogP contribution in [0.2, 0.25) is 0 Å². The van der Waals surface area contributed by atoms with E-state index in [2.05, 4.69) is 17.1 Å². The number of nitrogens with one attached hydrogen (secondary N) is 1. The molecule has 2 aliphatic rings. The molecule has 0 amide bonds. The lowest BCUT2D eigenvalue weighted by atomic mass is 9.96. The first kappa shape index (κ1) is 15.8.